The third kappa shape index (κ3) is 5.79. The standard InChI is InChI=1S/C26H26ClF3N2O5S/c1-32-12-11-18(15-32)37-21-13-17(9-10-20(21)27)31-38(33,34)25-19(16-7-5-4-6-8-16)14-22(35-2)24(36-3)23(25)26(28,29)30/h4-10,13-14,18,31H,11-12,15H2,1-3H3/t18-/m1/s1. The summed E-state index contributed by atoms with van der Waals surface area (Å²) < 4.78 is 89.3. The highest BCUT2D eigenvalue weighted by molar-refractivity contribution is 7.93. The third-order valence-electron chi connectivity index (χ3n) is 6.08. The van der Waals surface area contributed by atoms with Crippen LogP contribution < -0.4 is 18.9 Å². The van der Waals surface area contributed by atoms with Gasteiger partial charge in [0.05, 0.1) is 24.9 Å². The molecule has 3 aromatic carbocycles. The molecule has 7 nitrogen and oxygen atoms in total. The van der Waals surface area contributed by atoms with E-state index in [4.69, 9.17) is 25.8 Å². The van der Waals surface area contributed by atoms with Crippen molar-refractivity contribution in [2.45, 2.75) is 23.6 Å². The number of ether oxygens (including phenoxy) is 3. The van der Waals surface area contributed by atoms with E-state index in [1.165, 1.54) is 43.5 Å². The van der Waals surface area contributed by atoms with E-state index in [2.05, 4.69) is 9.62 Å². The lowest BCUT2D eigenvalue weighted by atomic mass is 10.0. The number of halogens is 4. The molecule has 0 spiro atoms. The van der Waals surface area contributed by atoms with Gasteiger partial charge in [-0.3, -0.25) is 4.72 Å². The van der Waals surface area contributed by atoms with Crippen molar-refractivity contribution >= 4 is 27.3 Å². The molecule has 0 radical (unpaired) electrons. The second-order valence-electron chi connectivity index (χ2n) is 8.77. The van der Waals surface area contributed by atoms with Gasteiger partial charge >= 0.3 is 6.18 Å². The molecule has 1 atom stereocenters. The van der Waals surface area contributed by atoms with Crippen LogP contribution in [0.5, 0.6) is 17.2 Å². The van der Waals surface area contributed by atoms with Gasteiger partial charge in [-0.05, 0) is 37.2 Å². The number of anilines is 1. The van der Waals surface area contributed by atoms with Crippen molar-refractivity contribution in [1.82, 2.24) is 4.90 Å². The number of sulfonamides is 1. The number of alkyl halides is 3. The number of hydrogen-bond acceptors (Lipinski definition) is 6. The number of methoxy groups -OCH3 is 2. The van der Waals surface area contributed by atoms with Gasteiger partial charge in [-0.25, -0.2) is 8.42 Å². The molecular formula is C26H26ClF3N2O5S. The molecule has 3 aromatic rings. The summed E-state index contributed by atoms with van der Waals surface area (Å²) in [5, 5.41) is 0.245. The van der Waals surface area contributed by atoms with Gasteiger partial charge in [0.2, 0.25) is 0 Å². The summed E-state index contributed by atoms with van der Waals surface area (Å²) in [7, 11) is -0.703. The Morgan fingerprint density at radius 1 is 1.03 bits per heavy atom. The van der Waals surface area contributed by atoms with E-state index in [0.717, 1.165) is 20.1 Å². The Kier molecular flexibility index (Phi) is 8.01. The summed E-state index contributed by atoms with van der Waals surface area (Å²) in [6, 6.07) is 13.2. The summed E-state index contributed by atoms with van der Waals surface area (Å²) in [6.07, 6.45) is -4.50. The van der Waals surface area contributed by atoms with Crippen molar-refractivity contribution in [2.24, 2.45) is 0 Å². The normalized spacial score (nSPS) is 16.3. The minimum atomic E-state index is -5.10. The average Bonchev–Trinajstić information content (AvgIpc) is 3.28. The number of hydrogen-bond donors (Lipinski definition) is 1. The Labute approximate surface area is 224 Å². The van der Waals surface area contributed by atoms with Crippen molar-refractivity contribution in [3.63, 3.8) is 0 Å². The molecule has 1 N–H and O–H groups in total. The first-order chi connectivity index (χ1) is 17.9. The van der Waals surface area contributed by atoms with Crippen LogP contribution in [-0.4, -0.2) is 53.8 Å². The Morgan fingerprint density at radius 2 is 1.74 bits per heavy atom. The minimum Gasteiger partial charge on any atom is -0.493 e. The van der Waals surface area contributed by atoms with Gasteiger partial charge in [0.1, 0.15) is 22.3 Å². The quantitative estimate of drug-likeness (QED) is 0.362. The maximum atomic E-state index is 14.5. The molecule has 1 aliphatic rings. The van der Waals surface area contributed by atoms with Crippen LogP contribution in [-0.2, 0) is 16.2 Å². The second-order valence-corrected chi connectivity index (χ2v) is 10.8. The number of likely N-dealkylation sites (N-methyl/N-ethyl adjacent to an activating group) is 1. The number of nitrogens with one attached hydrogen (secondary N) is 1. The molecule has 4 rings (SSSR count). The number of nitrogens with zero attached hydrogens (tertiary/aromatic N) is 1. The topological polar surface area (TPSA) is 77.1 Å². The molecule has 0 aliphatic carbocycles. The zero-order chi connectivity index (χ0) is 27.7. The SMILES string of the molecule is COc1cc(-c2ccccc2)c(S(=O)(=O)Nc2ccc(Cl)c(O[C@@H]3CCN(C)C3)c2)c(C(F)(F)F)c1OC. The van der Waals surface area contributed by atoms with Crippen LogP contribution in [0.25, 0.3) is 11.1 Å². The lowest BCUT2D eigenvalue weighted by molar-refractivity contribution is -0.141. The molecular weight excluding hydrogens is 545 g/mol. The average molecular weight is 571 g/mol. The molecule has 1 aliphatic heterocycles. The highest BCUT2D eigenvalue weighted by Crippen LogP contribution is 2.49. The fourth-order valence-electron chi connectivity index (χ4n) is 4.38. The molecule has 0 amide bonds. The molecule has 0 aromatic heterocycles. The van der Waals surface area contributed by atoms with Crippen LogP contribution in [0.15, 0.2) is 59.5 Å². The zero-order valence-corrected chi connectivity index (χ0v) is 22.4. The monoisotopic (exact) mass is 570 g/mol. The van der Waals surface area contributed by atoms with E-state index in [1.54, 1.807) is 18.2 Å². The summed E-state index contributed by atoms with van der Waals surface area (Å²) >= 11 is 6.27. The van der Waals surface area contributed by atoms with Crippen molar-refractivity contribution in [1.29, 1.82) is 0 Å². The van der Waals surface area contributed by atoms with Crippen LogP contribution in [0.3, 0.4) is 0 Å². The van der Waals surface area contributed by atoms with Crippen molar-refractivity contribution < 1.29 is 35.8 Å². The third-order valence-corrected chi connectivity index (χ3v) is 7.86. The molecule has 12 heteroatoms. The zero-order valence-electron chi connectivity index (χ0n) is 20.8. The Bertz CT molecular complexity index is 1420. The molecule has 0 bridgehead atoms. The van der Waals surface area contributed by atoms with E-state index in [1.807, 2.05) is 7.05 Å². The largest absolute Gasteiger partial charge is 0.493 e. The molecule has 0 saturated carbocycles. The van der Waals surface area contributed by atoms with Gasteiger partial charge in [-0.2, -0.15) is 13.2 Å². The fourth-order valence-corrected chi connectivity index (χ4v) is 6.02. The van der Waals surface area contributed by atoms with E-state index in [0.29, 0.717) is 6.54 Å². The molecule has 38 heavy (non-hydrogen) atoms. The fraction of sp³-hybridized carbons (Fsp3) is 0.308. The van der Waals surface area contributed by atoms with Crippen LogP contribution in [0.2, 0.25) is 5.02 Å². The van der Waals surface area contributed by atoms with E-state index in [-0.39, 0.29) is 39.4 Å². The first kappa shape index (κ1) is 27.9. The van der Waals surface area contributed by atoms with E-state index >= 15 is 0 Å². The molecule has 1 saturated heterocycles. The van der Waals surface area contributed by atoms with E-state index in [9.17, 15) is 21.6 Å². The highest BCUT2D eigenvalue weighted by Gasteiger charge is 2.44. The minimum absolute atomic E-state index is 0.0160. The van der Waals surface area contributed by atoms with E-state index < -0.39 is 32.4 Å². The lowest BCUT2D eigenvalue weighted by Crippen LogP contribution is -2.22. The van der Waals surface area contributed by atoms with Crippen molar-refractivity contribution in [3.8, 4) is 28.4 Å². The Morgan fingerprint density at radius 3 is 2.32 bits per heavy atom. The molecule has 0 unspecified atom stereocenters. The first-order valence-electron chi connectivity index (χ1n) is 11.5. The summed E-state index contributed by atoms with van der Waals surface area (Å²) in [4.78, 5) is 1.08. The van der Waals surface area contributed by atoms with Crippen molar-refractivity contribution in [3.05, 3.63) is 65.2 Å². The summed E-state index contributed by atoms with van der Waals surface area (Å²) in [6.45, 7) is 1.49. The van der Waals surface area contributed by atoms with Gasteiger partial charge in [0.25, 0.3) is 10.0 Å². The van der Waals surface area contributed by atoms with Crippen LogP contribution >= 0.6 is 11.6 Å². The number of likely N-dealkylation sites (tertiary alicyclic amines) is 1. The van der Waals surface area contributed by atoms with Crippen molar-refractivity contribution in [2.75, 3.05) is 39.1 Å². The lowest BCUT2D eigenvalue weighted by Gasteiger charge is -2.23. The van der Waals surface area contributed by atoms with Gasteiger partial charge in [-0.1, -0.05) is 41.9 Å². The van der Waals surface area contributed by atoms with Crippen LogP contribution in [0, 0.1) is 0 Å². The maximum absolute atomic E-state index is 14.5. The smallest absolute Gasteiger partial charge is 0.421 e. The Balaban J connectivity index is 1.86. The van der Waals surface area contributed by atoms with Gasteiger partial charge in [0.15, 0.2) is 11.5 Å². The summed E-state index contributed by atoms with van der Waals surface area (Å²) in [5.74, 6) is -0.786. The predicted octanol–water partition coefficient (Wildman–Crippen LogP) is 5.93. The molecule has 204 valence electrons. The van der Waals surface area contributed by atoms with Gasteiger partial charge in [-0.15, -0.1) is 0 Å². The van der Waals surface area contributed by atoms with Gasteiger partial charge in [0, 0.05) is 24.7 Å². The molecule has 1 heterocycles. The molecule has 1 fully saturated rings. The highest BCUT2D eigenvalue weighted by atomic mass is 35.5. The summed E-state index contributed by atoms with van der Waals surface area (Å²) in [5.41, 5.74) is -1.46. The Hall–Kier alpha value is -3.15. The van der Waals surface area contributed by atoms with Gasteiger partial charge < -0.3 is 19.1 Å². The first-order valence-corrected chi connectivity index (χ1v) is 13.4. The second kappa shape index (κ2) is 10.9. The maximum Gasteiger partial charge on any atom is 0.421 e. The number of rotatable bonds is 8. The predicted molar refractivity (Wildman–Crippen MR) is 139 cm³/mol. The number of benzene rings is 3. The van der Waals surface area contributed by atoms with Crippen LogP contribution in [0.1, 0.15) is 12.0 Å². The van der Waals surface area contributed by atoms with Crippen LogP contribution in [0.4, 0.5) is 18.9 Å².